The van der Waals surface area contributed by atoms with Gasteiger partial charge < -0.3 is 5.32 Å². The average Bonchev–Trinajstić information content (AvgIpc) is 2.87. The van der Waals surface area contributed by atoms with E-state index in [-0.39, 0.29) is 0 Å². The second-order valence-electron chi connectivity index (χ2n) is 4.10. The largest absolute Gasteiger partial charge is 0.355 e. The maximum atomic E-state index is 10.6. The molecule has 2 nitrogen and oxygen atoms in total. The minimum absolute atomic E-state index is 0.605. The van der Waals surface area contributed by atoms with Gasteiger partial charge in [-0.25, -0.2) is 4.79 Å². The second kappa shape index (κ2) is 3.93. The first kappa shape index (κ1) is 9.88. The fourth-order valence-electron chi connectivity index (χ4n) is 2.21. The monoisotopic (exact) mass is 221 g/mol. The Hall–Kier alpha value is -2.31. The Kier molecular flexibility index (Phi) is 2.28. The third-order valence-electron chi connectivity index (χ3n) is 3.05. The number of hydrogen-bond donors (Lipinski definition) is 1. The van der Waals surface area contributed by atoms with E-state index in [9.17, 15) is 4.79 Å². The summed E-state index contributed by atoms with van der Waals surface area (Å²) in [7, 11) is 0. The van der Waals surface area contributed by atoms with E-state index in [0.29, 0.717) is 12.1 Å². The predicted octanol–water partition coefficient (Wildman–Crippen LogP) is 2.89. The first-order valence-corrected chi connectivity index (χ1v) is 5.56. The van der Waals surface area contributed by atoms with E-state index < -0.39 is 0 Å². The predicted molar refractivity (Wildman–Crippen MR) is 68.9 cm³/mol. The van der Waals surface area contributed by atoms with Gasteiger partial charge in [0.1, 0.15) is 11.6 Å². The molecule has 0 aliphatic carbocycles. The van der Waals surface area contributed by atoms with Crippen LogP contribution in [0.4, 0.5) is 0 Å². The number of hydrogen-bond acceptors (Lipinski definition) is 2. The second-order valence-corrected chi connectivity index (χ2v) is 4.10. The van der Waals surface area contributed by atoms with Gasteiger partial charge in [0.25, 0.3) is 0 Å². The minimum atomic E-state index is 0.605. The van der Waals surface area contributed by atoms with E-state index in [1.807, 2.05) is 30.3 Å². The number of nitrogens with one attached hydrogen (secondary N) is 1. The van der Waals surface area contributed by atoms with Crippen molar-refractivity contribution in [3.05, 3.63) is 59.9 Å². The SMILES string of the molecule is O=C=C1CC(c2cccc3ccccc23)=CN1. The van der Waals surface area contributed by atoms with Crippen molar-refractivity contribution in [1.29, 1.82) is 0 Å². The molecule has 2 aromatic carbocycles. The van der Waals surface area contributed by atoms with Crippen LogP contribution in [-0.2, 0) is 4.79 Å². The summed E-state index contributed by atoms with van der Waals surface area (Å²) >= 11 is 0. The molecule has 0 saturated carbocycles. The average molecular weight is 221 g/mol. The van der Waals surface area contributed by atoms with Crippen molar-refractivity contribution >= 4 is 22.3 Å². The van der Waals surface area contributed by atoms with Crippen LogP contribution in [0.25, 0.3) is 16.3 Å². The van der Waals surface area contributed by atoms with Gasteiger partial charge in [-0.3, -0.25) is 0 Å². The molecule has 0 fully saturated rings. The number of fused-ring (bicyclic) bond motifs is 1. The molecular weight excluding hydrogens is 210 g/mol. The summed E-state index contributed by atoms with van der Waals surface area (Å²) in [6.45, 7) is 0. The Balaban J connectivity index is 2.16. The lowest BCUT2D eigenvalue weighted by atomic mass is 9.97. The van der Waals surface area contributed by atoms with Gasteiger partial charge in [0.15, 0.2) is 0 Å². The van der Waals surface area contributed by atoms with Gasteiger partial charge in [0.05, 0.1) is 0 Å². The van der Waals surface area contributed by atoms with Gasteiger partial charge in [-0.2, -0.15) is 0 Å². The molecule has 1 heterocycles. The molecule has 1 aliphatic heterocycles. The Bertz CT molecular complexity index is 658. The van der Waals surface area contributed by atoms with Crippen LogP contribution in [0, 0.1) is 0 Å². The number of benzene rings is 2. The summed E-state index contributed by atoms with van der Waals surface area (Å²) in [5, 5.41) is 5.39. The number of rotatable bonds is 1. The Morgan fingerprint density at radius 3 is 2.71 bits per heavy atom. The number of allylic oxidation sites excluding steroid dienone is 1. The van der Waals surface area contributed by atoms with Crippen LogP contribution < -0.4 is 5.32 Å². The summed E-state index contributed by atoms with van der Waals surface area (Å²) in [5.74, 6) is 1.92. The van der Waals surface area contributed by atoms with Crippen molar-refractivity contribution in [1.82, 2.24) is 5.32 Å². The Morgan fingerprint density at radius 1 is 1.06 bits per heavy atom. The lowest BCUT2D eigenvalue weighted by Crippen LogP contribution is -1.96. The first-order valence-electron chi connectivity index (χ1n) is 5.56. The summed E-state index contributed by atoms with van der Waals surface area (Å²) in [4.78, 5) is 10.6. The number of carbonyl (C=O) groups excluding carboxylic acids is 1. The van der Waals surface area contributed by atoms with Gasteiger partial charge in [-0.15, -0.1) is 0 Å². The quantitative estimate of drug-likeness (QED) is 0.750. The van der Waals surface area contributed by atoms with E-state index in [1.54, 1.807) is 0 Å². The van der Waals surface area contributed by atoms with E-state index >= 15 is 0 Å². The van der Waals surface area contributed by atoms with E-state index in [2.05, 4.69) is 29.6 Å². The lowest BCUT2D eigenvalue weighted by molar-refractivity contribution is 0.565. The third kappa shape index (κ3) is 1.65. The molecule has 0 amide bonds. The van der Waals surface area contributed by atoms with Crippen LogP contribution in [0.3, 0.4) is 0 Å². The molecule has 0 radical (unpaired) electrons. The molecule has 82 valence electrons. The summed E-state index contributed by atoms with van der Waals surface area (Å²) in [6, 6.07) is 14.5. The normalized spacial score (nSPS) is 14.4. The maximum Gasteiger partial charge on any atom is 0.146 e. The van der Waals surface area contributed by atoms with E-state index in [4.69, 9.17) is 0 Å². The minimum Gasteiger partial charge on any atom is -0.355 e. The van der Waals surface area contributed by atoms with E-state index in [0.717, 1.165) is 5.57 Å². The Labute approximate surface area is 99.3 Å². The standard InChI is InChI=1S/C15H11NO/c17-10-13-8-12(9-16-13)15-7-3-5-11-4-1-2-6-14(11)15/h1-7,9,16H,8H2. The molecular formula is C15H11NO. The zero-order chi connectivity index (χ0) is 11.7. The maximum absolute atomic E-state index is 10.6. The molecule has 2 heteroatoms. The summed E-state index contributed by atoms with van der Waals surface area (Å²) in [6.07, 6.45) is 2.53. The van der Waals surface area contributed by atoms with Crippen molar-refractivity contribution in [2.24, 2.45) is 0 Å². The van der Waals surface area contributed by atoms with Gasteiger partial charge in [0.2, 0.25) is 0 Å². The molecule has 0 unspecified atom stereocenters. The zero-order valence-corrected chi connectivity index (χ0v) is 9.23. The van der Waals surface area contributed by atoms with Crippen LogP contribution in [-0.4, -0.2) is 5.94 Å². The molecule has 0 aromatic heterocycles. The van der Waals surface area contributed by atoms with Crippen LogP contribution >= 0.6 is 0 Å². The molecule has 0 bridgehead atoms. The third-order valence-corrected chi connectivity index (χ3v) is 3.05. The smallest absolute Gasteiger partial charge is 0.146 e. The molecule has 1 N–H and O–H groups in total. The highest BCUT2D eigenvalue weighted by Crippen LogP contribution is 2.30. The molecule has 17 heavy (non-hydrogen) atoms. The van der Waals surface area contributed by atoms with Crippen molar-refractivity contribution in [3.8, 4) is 0 Å². The molecule has 2 aromatic rings. The van der Waals surface area contributed by atoms with Crippen LogP contribution in [0.5, 0.6) is 0 Å². The van der Waals surface area contributed by atoms with Gasteiger partial charge in [0, 0.05) is 12.6 Å². The lowest BCUT2D eigenvalue weighted by Gasteiger charge is -2.06. The highest BCUT2D eigenvalue weighted by Gasteiger charge is 2.13. The van der Waals surface area contributed by atoms with Crippen molar-refractivity contribution in [3.63, 3.8) is 0 Å². The highest BCUT2D eigenvalue weighted by atomic mass is 16.1. The summed E-state index contributed by atoms with van der Waals surface area (Å²) < 4.78 is 0. The van der Waals surface area contributed by atoms with Crippen molar-refractivity contribution in [2.45, 2.75) is 6.42 Å². The molecule has 0 atom stereocenters. The van der Waals surface area contributed by atoms with Crippen molar-refractivity contribution in [2.75, 3.05) is 0 Å². The molecule has 1 aliphatic rings. The van der Waals surface area contributed by atoms with Crippen LogP contribution in [0.1, 0.15) is 12.0 Å². The molecule has 0 saturated heterocycles. The first-order chi connectivity index (χ1) is 8.38. The van der Waals surface area contributed by atoms with Gasteiger partial charge in [-0.05, 0) is 21.9 Å². The molecule has 3 rings (SSSR count). The fourth-order valence-corrected chi connectivity index (χ4v) is 2.21. The fraction of sp³-hybridized carbons (Fsp3) is 0.0667. The zero-order valence-electron chi connectivity index (χ0n) is 9.23. The van der Waals surface area contributed by atoms with Gasteiger partial charge >= 0.3 is 0 Å². The van der Waals surface area contributed by atoms with Gasteiger partial charge in [-0.1, -0.05) is 42.5 Å². The summed E-state index contributed by atoms with van der Waals surface area (Å²) in [5.41, 5.74) is 2.92. The van der Waals surface area contributed by atoms with Crippen LogP contribution in [0.15, 0.2) is 54.4 Å². The molecule has 0 spiro atoms. The Morgan fingerprint density at radius 2 is 1.88 bits per heavy atom. The highest BCUT2D eigenvalue weighted by molar-refractivity contribution is 5.95. The van der Waals surface area contributed by atoms with E-state index in [1.165, 1.54) is 16.3 Å². The van der Waals surface area contributed by atoms with Crippen LogP contribution in [0.2, 0.25) is 0 Å². The van der Waals surface area contributed by atoms with Crippen molar-refractivity contribution < 1.29 is 4.79 Å². The topological polar surface area (TPSA) is 29.1 Å².